The quantitative estimate of drug-likeness (QED) is 0.786. The molecule has 1 atom stereocenters. The molecule has 0 aliphatic carbocycles. The van der Waals surface area contributed by atoms with Gasteiger partial charge in [-0.3, -0.25) is 4.68 Å². The lowest BCUT2D eigenvalue weighted by molar-refractivity contribution is 0.630. The van der Waals surface area contributed by atoms with Crippen LogP contribution in [0.4, 0.5) is 4.39 Å². The monoisotopic (exact) mass is 295 g/mol. The molecular formula is C13H11ClFN3S. The van der Waals surface area contributed by atoms with E-state index in [1.807, 2.05) is 6.07 Å². The fourth-order valence-electron chi connectivity index (χ4n) is 2.08. The van der Waals surface area contributed by atoms with E-state index in [9.17, 15) is 4.39 Å². The fourth-order valence-corrected chi connectivity index (χ4v) is 3.46. The molecule has 0 aliphatic rings. The lowest BCUT2D eigenvalue weighted by Gasteiger charge is -2.10. The first-order valence-electron chi connectivity index (χ1n) is 5.68. The zero-order valence-electron chi connectivity index (χ0n) is 10.1. The average Bonchev–Trinajstić information content (AvgIpc) is 2.92. The minimum absolute atomic E-state index is 0.243. The van der Waals surface area contributed by atoms with E-state index in [0.29, 0.717) is 5.02 Å². The van der Waals surface area contributed by atoms with Crippen molar-refractivity contribution in [2.24, 2.45) is 12.8 Å². The standard InChI is InChI=1S/C13H11ClFN3S/c1-18-13(9(14)6-17-18)12(16)11-4-7-2-3-8(15)5-10(7)19-11/h2-6,12H,16H2,1H3. The molecule has 1 aromatic carbocycles. The maximum atomic E-state index is 13.2. The minimum Gasteiger partial charge on any atom is -0.318 e. The number of nitrogens with zero attached hydrogens (tertiary/aromatic N) is 2. The second-order valence-corrected chi connectivity index (χ2v) is 5.83. The summed E-state index contributed by atoms with van der Waals surface area (Å²) in [5.41, 5.74) is 6.99. The van der Waals surface area contributed by atoms with E-state index < -0.39 is 0 Å². The number of fused-ring (bicyclic) bond motifs is 1. The summed E-state index contributed by atoms with van der Waals surface area (Å²) in [6.07, 6.45) is 1.57. The molecule has 6 heteroatoms. The number of thiophene rings is 1. The van der Waals surface area contributed by atoms with Crippen LogP contribution in [-0.2, 0) is 7.05 Å². The van der Waals surface area contributed by atoms with Crippen molar-refractivity contribution in [1.82, 2.24) is 9.78 Å². The van der Waals surface area contributed by atoms with E-state index in [1.165, 1.54) is 23.5 Å². The second kappa shape index (κ2) is 4.59. The van der Waals surface area contributed by atoms with E-state index in [1.54, 1.807) is 24.0 Å². The normalized spacial score (nSPS) is 13.1. The van der Waals surface area contributed by atoms with Gasteiger partial charge in [-0.05, 0) is 23.6 Å². The van der Waals surface area contributed by atoms with Crippen LogP contribution < -0.4 is 5.73 Å². The Hall–Kier alpha value is -1.43. The van der Waals surface area contributed by atoms with Gasteiger partial charge in [-0.2, -0.15) is 5.10 Å². The highest BCUT2D eigenvalue weighted by atomic mass is 35.5. The third-order valence-corrected chi connectivity index (χ3v) is 4.51. The molecule has 0 fully saturated rings. The van der Waals surface area contributed by atoms with Crippen molar-refractivity contribution in [1.29, 1.82) is 0 Å². The third kappa shape index (κ3) is 2.14. The number of halogens is 2. The molecule has 0 saturated carbocycles. The molecule has 3 nitrogen and oxygen atoms in total. The maximum absolute atomic E-state index is 13.2. The van der Waals surface area contributed by atoms with E-state index in [-0.39, 0.29) is 11.9 Å². The highest BCUT2D eigenvalue weighted by Crippen LogP contribution is 2.34. The summed E-state index contributed by atoms with van der Waals surface area (Å²) in [6, 6.07) is 6.32. The number of aromatic nitrogens is 2. The SMILES string of the molecule is Cn1ncc(Cl)c1C(N)c1cc2ccc(F)cc2s1. The Morgan fingerprint density at radius 2 is 2.21 bits per heavy atom. The van der Waals surface area contributed by atoms with Crippen LogP contribution in [0, 0.1) is 5.82 Å². The summed E-state index contributed by atoms with van der Waals surface area (Å²) in [6.45, 7) is 0. The summed E-state index contributed by atoms with van der Waals surface area (Å²) in [5.74, 6) is -0.243. The molecule has 1 unspecified atom stereocenters. The highest BCUT2D eigenvalue weighted by molar-refractivity contribution is 7.19. The second-order valence-electron chi connectivity index (χ2n) is 4.31. The molecule has 0 amide bonds. The van der Waals surface area contributed by atoms with Gasteiger partial charge in [-0.1, -0.05) is 17.7 Å². The molecule has 0 saturated heterocycles. The van der Waals surface area contributed by atoms with Crippen LogP contribution in [0.25, 0.3) is 10.1 Å². The largest absolute Gasteiger partial charge is 0.318 e. The van der Waals surface area contributed by atoms with Crippen molar-refractivity contribution < 1.29 is 4.39 Å². The summed E-state index contributed by atoms with van der Waals surface area (Å²) < 4.78 is 15.7. The van der Waals surface area contributed by atoms with Crippen LogP contribution in [0.3, 0.4) is 0 Å². The smallest absolute Gasteiger partial charge is 0.124 e. The van der Waals surface area contributed by atoms with Crippen LogP contribution in [0.15, 0.2) is 30.5 Å². The Balaban J connectivity index is 2.09. The molecule has 0 bridgehead atoms. The van der Waals surface area contributed by atoms with Gasteiger partial charge in [0.2, 0.25) is 0 Å². The van der Waals surface area contributed by atoms with E-state index >= 15 is 0 Å². The first-order chi connectivity index (χ1) is 9.06. The lowest BCUT2D eigenvalue weighted by atomic mass is 10.1. The number of benzene rings is 1. The van der Waals surface area contributed by atoms with Crippen LogP contribution in [-0.4, -0.2) is 9.78 Å². The molecule has 98 valence electrons. The van der Waals surface area contributed by atoms with Gasteiger partial charge in [0, 0.05) is 16.6 Å². The summed E-state index contributed by atoms with van der Waals surface area (Å²) >= 11 is 7.57. The van der Waals surface area contributed by atoms with Crippen molar-refractivity contribution in [3.05, 3.63) is 51.9 Å². The van der Waals surface area contributed by atoms with Crippen molar-refractivity contribution in [3.63, 3.8) is 0 Å². The van der Waals surface area contributed by atoms with Crippen LogP contribution in [0.1, 0.15) is 16.6 Å². The molecule has 0 aliphatic heterocycles. The number of hydrogen-bond acceptors (Lipinski definition) is 3. The molecule has 2 aromatic heterocycles. The van der Waals surface area contributed by atoms with E-state index in [2.05, 4.69) is 5.10 Å². The van der Waals surface area contributed by atoms with Gasteiger partial charge in [0.25, 0.3) is 0 Å². The van der Waals surface area contributed by atoms with Gasteiger partial charge in [-0.25, -0.2) is 4.39 Å². The van der Waals surface area contributed by atoms with Gasteiger partial charge in [-0.15, -0.1) is 11.3 Å². The van der Waals surface area contributed by atoms with E-state index in [4.69, 9.17) is 17.3 Å². The van der Waals surface area contributed by atoms with Gasteiger partial charge in [0.15, 0.2) is 0 Å². The predicted molar refractivity (Wildman–Crippen MR) is 76.0 cm³/mol. The minimum atomic E-state index is -0.361. The number of hydrogen-bond donors (Lipinski definition) is 1. The predicted octanol–water partition coefficient (Wildman–Crippen LogP) is 3.48. The number of rotatable bonds is 2. The Labute approximate surface area is 118 Å². The highest BCUT2D eigenvalue weighted by Gasteiger charge is 2.19. The van der Waals surface area contributed by atoms with Gasteiger partial charge in [0.05, 0.1) is 23.0 Å². The van der Waals surface area contributed by atoms with Crippen LogP contribution >= 0.6 is 22.9 Å². The van der Waals surface area contributed by atoms with Crippen LogP contribution in [0.5, 0.6) is 0 Å². The Morgan fingerprint density at radius 3 is 2.89 bits per heavy atom. The van der Waals surface area contributed by atoms with Crippen molar-refractivity contribution in [3.8, 4) is 0 Å². The first kappa shape index (κ1) is 12.6. The molecule has 3 aromatic rings. The maximum Gasteiger partial charge on any atom is 0.124 e. The summed E-state index contributed by atoms with van der Waals surface area (Å²) in [7, 11) is 1.80. The first-order valence-corrected chi connectivity index (χ1v) is 6.87. The van der Waals surface area contributed by atoms with Gasteiger partial charge < -0.3 is 5.73 Å². The van der Waals surface area contributed by atoms with Gasteiger partial charge in [0.1, 0.15) is 5.82 Å². The Bertz CT molecular complexity index is 730. The molecule has 2 N–H and O–H groups in total. The third-order valence-electron chi connectivity index (χ3n) is 3.04. The lowest BCUT2D eigenvalue weighted by Crippen LogP contribution is -2.15. The zero-order chi connectivity index (χ0) is 13.6. The molecule has 19 heavy (non-hydrogen) atoms. The molecule has 0 radical (unpaired) electrons. The molecule has 2 heterocycles. The average molecular weight is 296 g/mol. The van der Waals surface area contributed by atoms with Crippen molar-refractivity contribution in [2.75, 3.05) is 0 Å². The fraction of sp³-hybridized carbons (Fsp3) is 0.154. The Morgan fingerprint density at radius 1 is 1.42 bits per heavy atom. The summed E-state index contributed by atoms with van der Waals surface area (Å²) in [5, 5.41) is 5.60. The molecule has 3 rings (SSSR count). The number of aryl methyl sites for hydroxylation is 1. The topological polar surface area (TPSA) is 43.8 Å². The van der Waals surface area contributed by atoms with Crippen molar-refractivity contribution >= 4 is 33.0 Å². The van der Waals surface area contributed by atoms with Gasteiger partial charge >= 0.3 is 0 Å². The molecule has 0 spiro atoms. The zero-order valence-corrected chi connectivity index (χ0v) is 11.7. The Kier molecular flexibility index (Phi) is 3.05. The van der Waals surface area contributed by atoms with Crippen LogP contribution in [0.2, 0.25) is 5.02 Å². The van der Waals surface area contributed by atoms with E-state index in [0.717, 1.165) is 20.7 Å². The summed E-state index contributed by atoms with van der Waals surface area (Å²) in [4.78, 5) is 0.936. The number of nitrogens with two attached hydrogens (primary N) is 1. The molecular weight excluding hydrogens is 285 g/mol. The van der Waals surface area contributed by atoms with Crippen molar-refractivity contribution in [2.45, 2.75) is 6.04 Å².